The minimum Gasteiger partial charge on any atom is -0.480 e. The number of carboxylic acids is 1. The molecule has 3 N–H and O–H groups in total. The average Bonchev–Trinajstić information content (AvgIpc) is 2.70. The predicted molar refractivity (Wildman–Crippen MR) is 89.3 cm³/mol. The minimum absolute atomic E-state index is 0.0140. The lowest BCUT2D eigenvalue weighted by Crippen LogP contribution is -2.40. The summed E-state index contributed by atoms with van der Waals surface area (Å²) in [6.45, 7) is 1.91. The summed E-state index contributed by atoms with van der Waals surface area (Å²) < 4.78 is 27.2. The van der Waals surface area contributed by atoms with Crippen LogP contribution < -0.4 is 10.0 Å². The van der Waals surface area contributed by atoms with Crippen LogP contribution >= 0.6 is 0 Å². The molecule has 1 heterocycles. The highest BCUT2D eigenvalue weighted by Gasteiger charge is 2.26. The van der Waals surface area contributed by atoms with Crippen LogP contribution in [0.5, 0.6) is 0 Å². The van der Waals surface area contributed by atoms with E-state index in [0.29, 0.717) is 31.4 Å². The number of aliphatic carboxylic acids is 1. The molecule has 132 valence electrons. The van der Waals surface area contributed by atoms with Gasteiger partial charge in [0.25, 0.3) is 0 Å². The van der Waals surface area contributed by atoms with Crippen LogP contribution in [0.25, 0.3) is 0 Å². The first-order valence-electron chi connectivity index (χ1n) is 8.01. The SMILES string of the molecule is CCCCC(NS(=O)(=O)c1ccc2c(c1)CCCC(=O)N2)C(=O)O. The van der Waals surface area contributed by atoms with E-state index < -0.39 is 22.0 Å². The second-order valence-electron chi connectivity index (χ2n) is 5.88. The van der Waals surface area contributed by atoms with Gasteiger partial charge < -0.3 is 10.4 Å². The lowest BCUT2D eigenvalue weighted by molar-refractivity contribution is -0.139. The maximum Gasteiger partial charge on any atom is 0.321 e. The molecule has 1 aromatic carbocycles. The number of amides is 1. The number of unbranched alkanes of at least 4 members (excludes halogenated alkanes) is 1. The van der Waals surface area contributed by atoms with Gasteiger partial charge in [0.1, 0.15) is 6.04 Å². The zero-order chi connectivity index (χ0) is 17.7. The summed E-state index contributed by atoms with van der Waals surface area (Å²) in [7, 11) is -3.94. The van der Waals surface area contributed by atoms with Crippen molar-refractivity contribution < 1.29 is 23.1 Å². The second kappa shape index (κ2) is 7.76. The monoisotopic (exact) mass is 354 g/mol. The van der Waals surface area contributed by atoms with E-state index in [0.717, 1.165) is 12.0 Å². The molecular weight excluding hydrogens is 332 g/mol. The standard InChI is InChI=1S/C16H22N2O5S/c1-2-3-6-14(16(20)21)18-24(22,23)12-8-9-13-11(10-12)5-4-7-15(19)17-13/h8-10,14,18H,2-7H2,1H3,(H,17,19)(H,20,21). The van der Waals surface area contributed by atoms with Crippen molar-refractivity contribution in [3.8, 4) is 0 Å². The Kier molecular flexibility index (Phi) is 5.95. The van der Waals surface area contributed by atoms with Gasteiger partial charge in [-0.1, -0.05) is 19.8 Å². The third-order valence-corrected chi connectivity index (χ3v) is 5.42. The molecule has 8 heteroatoms. The number of hydrogen-bond acceptors (Lipinski definition) is 4. The van der Waals surface area contributed by atoms with Crippen molar-refractivity contribution in [2.75, 3.05) is 5.32 Å². The molecule has 0 aromatic heterocycles. The molecule has 0 radical (unpaired) electrons. The molecule has 1 aliphatic heterocycles. The molecule has 0 bridgehead atoms. The van der Waals surface area contributed by atoms with Gasteiger partial charge in [-0.25, -0.2) is 8.42 Å². The van der Waals surface area contributed by atoms with Gasteiger partial charge in [0, 0.05) is 12.1 Å². The van der Waals surface area contributed by atoms with E-state index in [1.807, 2.05) is 6.92 Å². The number of nitrogens with one attached hydrogen (secondary N) is 2. The summed E-state index contributed by atoms with van der Waals surface area (Å²) >= 11 is 0. The number of carboxylic acid groups (broad SMARTS) is 1. The van der Waals surface area contributed by atoms with Crippen LogP contribution in [-0.2, 0) is 26.0 Å². The topological polar surface area (TPSA) is 113 Å². The Balaban J connectivity index is 2.24. The maximum atomic E-state index is 12.5. The lowest BCUT2D eigenvalue weighted by Gasteiger charge is -2.15. The lowest BCUT2D eigenvalue weighted by atomic mass is 10.1. The number of anilines is 1. The van der Waals surface area contributed by atoms with Crippen LogP contribution in [0.15, 0.2) is 23.1 Å². The van der Waals surface area contributed by atoms with Crippen molar-refractivity contribution in [1.82, 2.24) is 4.72 Å². The largest absolute Gasteiger partial charge is 0.480 e. The van der Waals surface area contributed by atoms with Crippen LogP contribution in [-0.4, -0.2) is 31.4 Å². The van der Waals surface area contributed by atoms with Gasteiger partial charge in [-0.05, 0) is 43.0 Å². The normalized spacial score (nSPS) is 16.0. The smallest absolute Gasteiger partial charge is 0.321 e. The molecule has 0 aliphatic carbocycles. The number of benzene rings is 1. The van der Waals surface area contributed by atoms with Crippen molar-refractivity contribution >= 4 is 27.6 Å². The first-order chi connectivity index (χ1) is 11.3. The number of hydrogen-bond donors (Lipinski definition) is 3. The number of carbonyl (C=O) groups excluding carboxylic acids is 1. The number of aryl methyl sites for hydroxylation is 1. The highest BCUT2D eigenvalue weighted by atomic mass is 32.2. The van der Waals surface area contributed by atoms with Gasteiger partial charge in [-0.2, -0.15) is 4.72 Å². The highest BCUT2D eigenvalue weighted by Crippen LogP contribution is 2.25. The maximum absolute atomic E-state index is 12.5. The van der Waals surface area contributed by atoms with Crippen molar-refractivity contribution in [3.05, 3.63) is 23.8 Å². The Bertz CT molecular complexity index is 730. The first-order valence-corrected chi connectivity index (χ1v) is 9.49. The van der Waals surface area contributed by atoms with E-state index in [9.17, 15) is 23.1 Å². The van der Waals surface area contributed by atoms with Crippen molar-refractivity contribution in [3.63, 3.8) is 0 Å². The fourth-order valence-electron chi connectivity index (χ4n) is 2.61. The molecule has 1 aliphatic rings. The molecule has 0 saturated carbocycles. The Morgan fingerprint density at radius 2 is 2.12 bits per heavy atom. The molecule has 0 fully saturated rings. The van der Waals surface area contributed by atoms with Gasteiger partial charge in [0.15, 0.2) is 0 Å². The number of fused-ring (bicyclic) bond motifs is 1. The fourth-order valence-corrected chi connectivity index (χ4v) is 3.89. The molecule has 24 heavy (non-hydrogen) atoms. The van der Waals surface area contributed by atoms with E-state index >= 15 is 0 Å². The zero-order valence-electron chi connectivity index (χ0n) is 13.5. The second-order valence-corrected chi connectivity index (χ2v) is 7.59. The summed E-state index contributed by atoms with van der Waals surface area (Å²) in [5.74, 6) is -1.28. The summed E-state index contributed by atoms with van der Waals surface area (Å²) in [5.41, 5.74) is 1.35. The number of sulfonamides is 1. The van der Waals surface area contributed by atoms with Crippen LogP contribution in [0.4, 0.5) is 5.69 Å². The molecule has 7 nitrogen and oxygen atoms in total. The van der Waals surface area contributed by atoms with Crippen LogP contribution in [0.2, 0.25) is 0 Å². The molecule has 1 amide bonds. The molecule has 1 atom stereocenters. The Hall–Kier alpha value is -1.93. The minimum atomic E-state index is -3.94. The number of rotatable bonds is 7. The van der Waals surface area contributed by atoms with E-state index in [-0.39, 0.29) is 17.2 Å². The third-order valence-electron chi connectivity index (χ3n) is 3.95. The summed E-state index contributed by atoms with van der Waals surface area (Å²) in [6, 6.07) is 3.29. The fraction of sp³-hybridized carbons (Fsp3) is 0.500. The van der Waals surface area contributed by atoms with E-state index in [4.69, 9.17) is 0 Å². The molecule has 1 aromatic rings. The van der Waals surface area contributed by atoms with Crippen LogP contribution in [0, 0.1) is 0 Å². The van der Waals surface area contributed by atoms with Crippen molar-refractivity contribution in [1.29, 1.82) is 0 Å². The van der Waals surface area contributed by atoms with E-state index in [2.05, 4.69) is 10.0 Å². The van der Waals surface area contributed by atoms with Gasteiger partial charge in [-0.15, -0.1) is 0 Å². The van der Waals surface area contributed by atoms with Gasteiger partial charge in [-0.3, -0.25) is 9.59 Å². The molecule has 1 unspecified atom stereocenters. The molecule has 0 saturated heterocycles. The molecule has 2 rings (SSSR count). The van der Waals surface area contributed by atoms with Gasteiger partial charge >= 0.3 is 5.97 Å². The van der Waals surface area contributed by atoms with Crippen molar-refractivity contribution in [2.45, 2.75) is 56.4 Å². The van der Waals surface area contributed by atoms with E-state index in [1.165, 1.54) is 12.1 Å². The summed E-state index contributed by atoms with van der Waals surface area (Å²) in [5, 5.41) is 11.9. The highest BCUT2D eigenvalue weighted by molar-refractivity contribution is 7.89. The van der Waals surface area contributed by atoms with Crippen LogP contribution in [0.3, 0.4) is 0 Å². The average molecular weight is 354 g/mol. The Morgan fingerprint density at radius 1 is 1.38 bits per heavy atom. The third kappa shape index (κ3) is 4.55. The molecular formula is C16H22N2O5S. The summed E-state index contributed by atoms with van der Waals surface area (Å²) in [4.78, 5) is 22.8. The van der Waals surface area contributed by atoms with E-state index in [1.54, 1.807) is 6.07 Å². The first kappa shape index (κ1) is 18.4. The quantitative estimate of drug-likeness (QED) is 0.692. The number of carbonyl (C=O) groups is 2. The summed E-state index contributed by atoms with van der Waals surface area (Å²) in [6.07, 6.45) is 3.28. The predicted octanol–water partition coefficient (Wildman–Crippen LogP) is 1.88. The van der Waals surface area contributed by atoms with Crippen LogP contribution in [0.1, 0.15) is 44.6 Å². The van der Waals surface area contributed by atoms with Crippen molar-refractivity contribution in [2.24, 2.45) is 0 Å². The van der Waals surface area contributed by atoms with Gasteiger partial charge in [0.05, 0.1) is 4.90 Å². The Morgan fingerprint density at radius 3 is 2.79 bits per heavy atom. The molecule has 0 spiro atoms. The van der Waals surface area contributed by atoms with Gasteiger partial charge in [0.2, 0.25) is 15.9 Å². The zero-order valence-corrected chi connectivity index (χ0v) is 14.4. The Labute approximate surface area is 141 Å².